The molecule has 2 N–H and O–H groups in total. The zero-order valence-electron chi connectivity index (χ0n) is 12.1. The average molecular weight is 299 g/mol. The molecule has 3 nitrogen and oxygen atoms in total. The summed E-state index contributed by atoms with van der Waals surface area (Å²) in [5.74, 6) is 4.16. The average Bonchev–Trinajstić information content (AvgIpc) is 2.43. The molecule has 20 heavy (non-hydrogen) atoms. The standard InChI is InChI=1S/C16H26N2O.ClH/c19-16(12-2-1-3-17-9-12)18-15-13-5-10-4-11(7-13)8-14(15)6-10;/h10-15,17H,1-9H2,(H,18,19);1H/t10?,11?,12-,13?,14?,15?;/m1./s1. The number of hydrogen-bond donors (Lipinski definition) is 2. The third-order valence-electron chi connectivity index (χ3n) is 6.20. The van der Waals surface area contributed by atoms with Gasteiger partial charge in [-0.25, -0.2) is 0 Å². The summed E-state index contributed by atoms with van der Waals surface area (Å²) in [6.07, 6.45) is 9.27. The normalized spacial score (nSPS) is 45.8. The van der Waals surface area contributed by atoms with Crippen molar-refractivity contribution in [2.24, 2.45) is 29.6 Å². The molecule has 1 amide bonds. The van der Waals surface area contributed by atoms with Crippen LogP contribution in [0.25, 0.3) is 0 Å². The number of piperidine rings is 1. The van der Waals surface area contributed by atoms with Crippen LogP contribution in [0.15, 0.2) is 0 Å². The van der Waals surface area contributed by atoms with Crippen LogP contribution in [0.4, 0.5) is 0 Å². The van der Waals surface area contributed by atoms with Crippen LogP contribution in [0.2, 0.25) is 0 Å². The molecule has 0 radical (unpaired) electrons. The minimum Gasteiger partial charge on any atom is -0.353 e. The molecule has 0 unspecified atom stereocenters. The highest BCUT2D eigenvalue weighted by molar-refractivity contribution is 5.85. The lowest BCUT2D eigenvalue weighted by molar-refractivity contribution is -0.129. The summed E-state index contributed by atoms with van der Waals surface area (Å²) in [5, 5.41) is 6.81. The summed E-state index contributed by atoms with van der Waals surface area (Å²) in [4.78, 5) is 12.4. The molecule has 4 saturated carbocycles. The van der Waals surface area contributed by atoms with E-state index in [-0.39, 0.29) is 18.3 Å². The summed E-state index contributed by atoms with van der Waals surface area (Å²) in [6.45, 7) is 1.97. The van der Waals surface area contributed by atoms with Crippen molar-refractivity contribution in [1.82, 2.24) is 10.6 Å². The van der Waals surface area contributed by atoms with E-state index in [1.807, 2.05) is 0 Å². The van der Waals surface area contributed by atoms with Crippen LogP contribution < -0.4 is 10.6 Å². The molecule has 5 rings (SSSR count). The van der Waals surface area contributed by atoms with E-state index < -0.39 is 0 Å². The molecule has 0 spiro atoms. The van der Waals surface area contributed by atoms with Gasteiger partial charge in [-0.1, -0.05) is 0 Å². The van der Waals surface area contributed by atoms with Gasteiger partial charge in [0.05, 0.1) is 5.92 Å². The van der Waals surface area contributed by atoms with Crippen LogP contribution in [0.5, 0.6) is 0 Å². The number of halogens is 1. The first-order valence-corrected chi connectivity index (χ1v) is 8.30. The summed E-state index contributed by atoms with van der Waals surface area (Å²) >= 11 is 0. The lowest BCUT2D eigenvalue weighted by Gasteiger charge is -2.54. The Labute approximate surface area is 128 Å². The monoisotopic (exact) mass is 298 g/mol. The van der Waals surface area contributed by atoms with E-state index in [4.69, 9.17) is 0 Å². The highest BCUT2D eigenvalue weighted by Gasteiger charge is 2.48. The van der Waals surface area contributed by atoms with Crippen molar-refractivity contribution in [3.8, 4) is 0 Å². The molecular formula is C16H27ClN2O. The number of hydrogen-bond acceptors (Lipinski definition) is 2. The van der Waals surface area contributed by atoms with Crippen LogP contribution in [-0.4, -0.2) is 25.0 Å². The SMILES string of the molecule is Cl.O=C(NC1C2CC3CC(C2)CC1C3)[C@@H]1CCCNC1. The summed E-state index contributed by atoms with van der Waals surface area (Å²) in [5.41, 5.74) is 0. The maximum Gasteiger partial charge on any atom is 0.224 e. The Bertz CT molecular complexity index is 339. The van der Waals surface area contributed by atoms with Crippen molar-refractivity contribution in [2.75, 3.05) is 13.1 Å². The van der Waals surface area contributed by atoms with Gasteiger partial charge in [0, 0.05) is 12.6 Å². The van der Waals surface area contributed by atoms with Gasteiger partial charge < -0.3 is 10.6 Å². The second kappa shape index (κ2) is 5.84. The summed E-state index contributed by atoms with van der Waals surface area (Å²) < 4.78 is 0. The molecule has 0 aromatic carbocycles. The van der Waals surface area contributed by atoms with Crippen LogP contribution in [0.1, 0.15) is 44.9 Å². The number of carbonyl (C=O) groups is 1. The first-order chi connectivity index (χ1) is 9.29. The highest BCUT2D eigenvalue weighted by atomic mass is 35.5. The lowest BCUT2D eigenvalue weighted by Crippen LogP contribution is -2.57. The molecule has 4 heteroatoms. The fourth-order valence-corrected chi connectivity index (χ4v) is 5.52. The maximum atomic E-state index is 12.4. The first kappa shape index (κ1) is 14.6. The maximum absolute atomic E-state index is 12.4. The summed E-state index contributed by atoms with van der Waals surface area (Å²) in [6, 6.07) is 0.516. The second-order valence-electron chi connectivity index (χ2n) is 7.51. The van der Waals surface area contributed by atoms with Gasteiger partial charge >= 0.3 is 0 Å². The van der Waals surface area contributed by atoms with Crippen LogP contribution in [0, 0.1) is 29.6 Å². The Balaban J connectivity index is 0.00000121. The zero-order chi connectivity index (χ0) is 12.8. The van der Waals surface area contributed by atoms with Gasteiger partial charge in [0.1, 0.15) is 0 Å². The Hall–Kier alpha value is -0.280. The molecule has 114 valence electrons. The van der Waals surface area contributed by atoms with E-state index in [0.717, 1.165) is 49.6 Å². The number of carbonyl (C=O) groups excluding carboxylic acids is 1. The molecule has 1 aliphatic heterocycles. The molecule has 1 saturated heterocycles. The third kappa shape index (κ3) is 2.59. The molecule has 1 atom stereocenters. The van der Waals surface area contributed by atoms with Gasteiger partial charge in [0.2, 0.25) is 5.91 Å². The van der Waals surface area contributed by atoms with Crippen LogP contribution in [-0.2, 0) is 4.79 Å². The Kier molecular flexibility index (Phi) is 4.28. The largest absolute Gasteiger partial charge is 0.353 e. The molecule has 1 heterocycles. The minimum atomic E-state index is 0. The van der Waals surface area contributed by atoms with Crippen molar-refractivity contribution in [3.63, 3.8) is 0 Å². The van der Waals surface area contributed by atoms with Crippen molar-refractivity contribution >= 4 is 18.3 Å². The first-order valence-electron chi connectivity index (χ1n) is 8.30. The van der Waals surface area contributed by atoms with E-state index in [1.54, 1.807) is 0 Å². The van der Waals surface area contributed by atoms with Crippen molar-refractivity contribution in [2.45, 2.75) is 51.0 Å². The van der Waals surface area contributed by atoms with Crippen LogP contribution in [0.3, 0.4) is 0 Å². The Morgan fingerprint density at radius 1 is 1.00 bits per heavy atom. The van der Waals surface area contributed by atoms with Gasteiger partial charge in [-0.3, -0.25) is 4.79 Å². The molecule has 4 aliphatic carbocycles. The van der Waals surface area contributed by atoms with Gasteiger partial charge in [-0.15, -0.1) is 12.4 Å². The predicted molar refractivity (Wildman–Crippen MR) is 81.8 cm³/mol. The third-order valence-corrected chi connectivity index (χ3v) is 6.20. The number of rotatable bonds is 2. The smallest absolute Gasteiger partial charge is 0.224 e. The van der Waals surface area contributed by atoms with E-state index in [2.05, 4.69) is 10.6 Å². The Morgan fingerprint density at radius 3 is 2.20 bits per heavy atom. The molecule has 5 fully saturated rings. The van der Waals surface area contributed by atoms with E-state index in [1.165, 1.54) is 32.1 Å². The molecule has 5 aliphatic rings. The quantitative estimate of drug-likeness (QED) is 0.822. The second-order valence-corrected chi connectivity index (χ2v) is 7.51. The molecular weight excluding hydrogens is 272 g/mol. The van der Waals surface area contributed by atoms with Gasteiger partial charge in [-0.2, -0.15) is 0 Å². The van der Waals surface area contributed by atoms with Gasteiger partial charge in [-0.05, 0) is 75.2 Å². The fraction of sp³-hybridized carbons (Fsp3) is 0.938. The van der Waals surface area contributed by atoms with Crippen molar-refractivity contribution < 1.29 is 4.79 Å². The van der Waals surface area contributed by atoms with E-state index in [0.29, 0.717) is 11.9 Å². The number of nitrogens with one attached hydrogen (secondary N) is 2. The van der Waals surface area contributed by atoms with Gasteiger partial charge in [0.15, 0.2) is 0 Å². The number of amides is 1. The zero-order valence-corrected chi connectivity index (χ0v) is 13.0. The molecule has 0 aromatic rings. The van der Waals surface area contributed by atoms with Crippen molar-refractivity contribution in [1.29, 1.82) is 0 Å². The van der Waals surface area contributed by atoms with E-state index in [9.17, 15) is 4.79 Å². The van der Waals surface area contributed by atoms with E-state index >= 15 is 0 Å². The summed E-state index contributed by atoms with van der Waals surface area (Å²) in [7, 11) is 0. The topological polar surface area (TPSA) is 41.1 Å². The Morgan fingerprint density at radius 2 is 1.65 bits per heavy atom. The van der Waals surface area contributed by atoms with Gasteiger partial charge in [0.25, 0.3) is 0 Å². The predicted octanol–water partition coefficient (Wildman–Crippen LogP) is 2.35. The van der Waals surface area contributed by atoms with Crippen molar-refractivity contribution in [3.05, 3.63) is 0 Å². The molecule has 4 bridgehead atoms. The lowest BCUT2D eigenvalue weighted by atomic mass is 9.54. The highest BCUT2D eigenvalue weighted by Crippen LogP contribution is 2.53. The van der Waals surface area contributed by atoms with Crippen LogP contribution >= 0.6 is 12.4 Å². The molecule has 0 aromatic heterocycles. The minimum absolute atomic E-state index is 0. The fourth-order valence-electron chi connectivity index (χ4n) is 5.52.